The van der Waals surface area contributed by atoms with E-state index in [2.05, 4.69) is 4.72 Å². The van der Waals surface area contributed by atoms with Crippen molar-refractivity contribution in [3.63, 3.8) is 0 Å². The lowest BCUT2D eigenvalue weighted by atomic mass is 10.1. The molecular formula is C18H21ClN2O3S. The zero-order valence-corrected chi connectivity index (χ0v) is 15.8. The summed E-state index contributed by atoms with van der Waals surface area (Å²) in [5.41, 5.74) is 1.41. The topological polar surface area (TPSA) is 66.5 Å². The van der Waals surface area contributed by atoms with Gasteiger partial charge in [0.05, 0.1) is 17.0 Å². The van der Waals surface area contributed by atoms with Crippen LogP contribution in [0.1, 0.15) is 29.3 Å². The maximum absolute atomic E-state index is 12.8. The number of carbonyl (C=O) groups is 1. The minimum atomic E-state index is -3.47. The number of hydrogen-bond donors (Lipinski definition) is 1. The number of nitrogens with zero attached hydrogens (tertiary/aromatic N) is 1. The van der Waals surface area contributed by atoms with Gasteiger partial charge in [-0.25, -0.2) is 8.42 Å². The average Bonchev–Trinajstić information content (AvgIpc) is 2.56. The van der Waals surface area contributed by atoms with Crippen LogP contribution in [0.5, 0.6) is 0 Å². The number of nitrogens with one attached hydrogen (secondary N) is 1. The van der Waals surface area contributed by atoms with Gasteiger partial charge in [-0.3, -0.25) is 9.52 Å². The quantitative estimate of drug-likeness (QED) is 0.795. The summed E-state index contributed by atoms with van der Waals surface area (Å²) in [6, 6.07) is 13.9. The second-order valence-electron chi connectivity index (χ2n) is 5.72. The van der Waals surface area contributed by atoms with Gasteiger partial charge in [0.15, 0.2) is 0 Å². The molecule has 0 fully saturated rings. The van der Waals surface area contributed by atoms with Gasteiger partial charge < -0.3 is 4.90 Å². The number of para-hydroxylation sites is 1. The monoisotopic (exact) mass is 380 g/mol. The van der Waals surface area contributed by atoms with Gasteiger partial charge in [-0.15, -0.1) is 0 Å². The lowest BCUT2D eigenvalue weighted by Crippen LogP contribution is -2.28. The molecule has 1 amide bonds. The lowest BCUT2D eigenvalue weighted by molar-refractivity contribution is 0.0786. The first-order valence-electron chi connectivity index (χ1n) is 7.92. The van der Waals surface area contributed by atoms with Crippen molar-refractivity contribution in [1.29, 1.82) is 0 Å². The highest BCUT2D eigenvalue weighted by Gasteiger charge is 2.19. The van der Waals surface area contributed by atoms with Gasteiger partial charge in [0, 0.05) is 18.6 Å². The first-order valence-corrected chi connectivity index (χ1v) is 9.95. The normalized spacial score (nSPS) is 11.2. The van der Waals surface area contributed by atoms with Crippen molar-refractivity contribution in [2.24, 2.45) is 0 Å². The molecule has 5 nitrogen and oxygen atoms in total. The van der Waals surface area contributed by atoms with E-state index in [9.17, 15) is 13.2 Å². The summed E-state index contributed by atoms with van der Waals surface area (Å²) >= 11 is 6.14. The van der Waals surface area contributed by atoms with Crippen LogP contribution in [-0.2, 0) is 16.6 Å². The van der Waals surface area contributed by atoms with Crippen LogP contribution in [0.2, 0.25) is 5.02 Å². The molecule has 7 heteroatoms. The minimum absolute atomic E-state index is 0.00495. The molecule has 0 unspecified atom stereocenters. The highest BCUT2D eigenvalue weighted by atomic mass is 35.5. The van der Waals surface area contributed by atoms with Crippen molar-refractivity contribution in [1.82, 2.24) is 4.90 Å². The Balaban J connectivity index is 2.23. The summed E-state index contributed by atoms with van der Waals surface area (Å²) in [5, 5.41) is 0.582. The summed E-state index contributed by atoms with van der Waals surface area (Å²) in [6.45, 7) is 2.11. The summed E-state index contributed by atoms with van der Waals surface area (Å²) in [5.74, 6) is -0.278. The summed E-state index contributed by atoms with van der Waals surface area (Å²) in [6.07, 6.45) is 0.498. The number of rotatable bonds is 7. The molecule has 0 bridgehead atoms. The molecule has 0 aromatic heterocycles. The Labute approximate surface area is 153 Å². The smallest absolute Gasteiger partial charge is 0.256 e. The van der Waals surface area contributed by atoms with Crippen LogP contribution in [-0.4, -0.2) is 32.0 Å². The van der Waals surface area contributed by atoms with Gasteiger partial charge in [0.2, 0.25) is 10.0 Å². The van der Waals surface area contributed by atoms with Gasteiger partial charge in [-0.1, -0.05) is 48.9 Å². The molecule has 25 heavy (non-hydrogen) atoms. The molecule has 0 aliphatic heterocycles. The fraction of sp³-hybridized carbons (Fsp3) is 0.278. The third kappa shape index (κ3) is 5.21. The lowest BCUT2D eigenvalue weighted by Gasteiger charge is -2.20. The largest absolute Gasteiger partial charge is 0.337 e. The zero-order valence-electron chi connectivity index (χ0n) is 14.2. The van der Waals surface area contributed by atoms with Crippen LogP contribution in [0, 0.1) is 0 Å². The van der Waals surface area contributed by atoms with Crippen molar-refractivity contribution in [3.8, 4) is 0 Å². The van der Waals surface area contributed by atoms with E-state index in [0.29, 0.717) is 23.6 Å². The van der Waals surface area contributed by atoms with Crippen LogP contribution in [0.4, 0.5) is 5.69 Å². The predicted octanol–water partition coefficient (Wildman–Crippen LogP) is 3.76. The van der Waals surface area contributed by atoms with Gasteiger partial charge in [0.25, 0.3) is 5.91 Å². The molecule has 0 aliphatic rings. The molecule has 0 atom stereocenters. The highest BCUT2D eigenvalue weighted by Crippen LogP contribution is 2.21. The highest BCUT2D eigenvalue weighted by molar-refractivity contribution is 7.92. The van der Waals surface area contributed by atoms with Crippen molar-refractivity contribution < 1.29 is 13.2 Å². The molecule has 2 rings (SSSR count). The molecule has 0 radical (unpaired) electrons. The second-order valence-corrected chi connectivity index (χ2v) is 7.97. The van der Waals surface area contributed by atoms with E-state index >= 15 is 0 Å². The molecule has 0 spiro atoms. The number of amides is 1. The maximum Gasteiger partial charge on any atom is 0.256 e. The van der Waals surface area contributed by atoms with Crippen LogP contribution >= 0.6 is 11.6 Å². The number of hydrogen-bond acceptors (Lipinski definition) is 3. The summed E-state index contributed by atoms with van der Waals surface area (Å²) in [7, 11) is -1.82. The van der Waals surface area contributed by atoms with E-state index in [4.69, 9.17) is 11.6 Å². The van der Waals surface area contributed by atoms with Gasteiger partial charge in [-0.05, 0) is 30.2 Å². The Hall–Kier alpha value is -2.05. The minimum Gasteiger partial charge on any atom is -0.337 e. The first kappa shape index (κ1) is 19.3. The molecule has 134 valence electrons. The standard InChI is InChI=1S/C18H21ClN2O3S/c1-3-12-25(23,24)20-17-11-7-5-9-15(17)18(22)21(2)13-14-8-4-6-10-16(14)19/h4-11,20H,3,12-13H2,1-2H3. The predicted molar refractivity (Wildman–Crippen MR) is 101 cm³/mol. The molecule has 2 aromatic rings. The van der Waals surface area contributed by atoms with E-state index < -0.39 is 10.0 Å². The van der Waals surface area contributed by atoms with Gasteiger partial charge >= 0.3 is 0 Å². The molecule has 1 N–H and O–H groups in total. The molecule has 0 aliphatic carbocycles. The Kier molecular flexibility index (Phi) is 6.45. The molecular weight excluding hydrogens is 360 g/mol. The van der Waals surface area contributed by atoms with Crippen LogP contribution < -0.4 is 4.72 Å². The van der Waals surface area contributed by atoms with Crippen molar-refractivity contribution in [2.75, 3.05) is 17.5 Å². The Bertz CT molecular complexity index is 853. The van der Waals surface area contributed by atoms with E-state index in [1.165, 1.54) is 4.90 Å². The first-order chi connectivity index (χ1) is 11.8. The van der Waals surface area contributed by atoms with Crippen LogP contribution in [0.15, 0.2) is 48.5 Å². The van der Waals surface area contributed by atoms with E-state index in [-0.39, 0.29) is 17.3 Å². The Morgan fingerprint density at radius 1 is 1.12 bits per heavy atom. The van der Waals surface area contributed by atoms with Crippen molar-refractivity contribution >= 4 is 33.2 Å². The zero-order chi connectivity index (χ0) is 18.4. The number of anilines is 1. The number of sulfonamides is 1. The SMILES string of the molecule is CCCS(=O)(=O)Nc1ccccc1C(=O)N(C)Cc1ccccc1Cl. The van der Waals surface area contributed by atoms with Crippen molar-refractivity contribution in [2.45, 2.75) is 19.9 Å². The number of carbonyl (C=O) groups excluding carboxylic acids is 1. The molecule has 2 aromatic carbocycles. The Morgan fingerprint density at radius 2 is 1.76 bits per heavy atom. The Morgan fingerprint density at radius 3 is 2.44 bits per heavy atom. The maximum atomic E-state index is 12.8. The average molecular weight is 381 g/mol. The molecule has 0 saturated heterocycles. The van der Waals surface area contributed by atoms with E-state index in [0.717, 1.165) is 5.56 Å². The summed E-state index contributed by atoms with van der Waals surface area (Å²) < 4.78 is 26.6. The van der Waals surface area contributed by atoms with Crippen LogP contribution in [0.25, 0.3) is 0 Å². The molecule has 0 heterocycles. The van der Waals surface area contributed by atoms with Gasteiger partial charge in [0.1, 0.15) is 0 Å². The van der Waals surface area contributed by atoms with Crippen LogP contribution in [0.3, 0.4) is 0 Å². The third-order valence-electron chi connectivity index (χ3n) is 3.61. The third-order valence-corrected chi connectivity index (χ3v) is 5.45. The number of halogens is 1. The van der Waals surface area contributed by atoms with E-state index in [1.807, 2.05) is 18.2 Å². The fourth-order valence-corrected chi connectivity index (χ4v) is 3.75. The second kappa shape index (κ2) is 8.36. The summed E-state index contributed by atoms with van der Waals surface area (Å²) in [4.78, 5) is 14.3. The fourth-order valence-electron chi connectivity index (χ4n) is 2.41. The van der Waals surface area contributed by atoms with E-state index in [1.54, 1.807) is 44.3 Å². The van der Waals surface area contributed by atoms with Gasteiger partial charge in [-0.2, -0.15) is 0 Å². The van der Waals surface area contributed by atoms with Crippen molar-refractivity contribution in [3.05, 3.63) is 64.7 Å². The number of benzene rings is 2. The molecule has 0 saturated carbocycles.